The summed E-state index contributed by atoms with van der Waals surface area (Å²) in [7, 11) is 0.856. The Balaban J connectivity index is 1.77. The Labute approximate surface area is 194 Å². The molecule has 0 fully saturated rings. The molecule has 0 bridgehead atoms. The predicted octanol–water partition coefficient (Wildman–Crippen LogP) is 4.39. The topological polar surface area (TPSA) is 63.7 Å². The molecule has 0 saturated heterocycles. The van der Waals surface area contributed by atoms with E-state index in [1.165, 1.54) is 16.5 Å². The second-order valence-electron chi connectivity index (χ2n) is 8.67. The normalized spacial score (nSPS) is 16.8. The van der Waals surface area contributed by atoms with Gasteiger partial charge in [0.2, 0.25) is 0 Å². The van der Waals surface area contributed by atoms with E-state index in [1.807, 2.05) is 37.3 Å². The minimum atomic E-state index is -3.15. The smallest absolute Gasteiger partial charge is 0.168 e. The van der Waals surface area contributed by atoms with Crippen LogP contribution in [0.25, 0.3) is 0 Å². The molecule has 1 aliphatic heterocycles. The zero-order valence-electron chi connectivity index (χ0n) is 19.1. The third kappa shape index (κ3) is 5.69. The molecule has 169 valence electrons. The number of sulfone groups is 1. The quantitative estimate of drug-likeness (QED) is 0.425. The maximum absolute atomic E-state index is 12.8. The number of Topliss-reactive ketones (excluding diaryl/α,β-unsaturated/α-hetero) is 1. The number of allylic oxidation sites excluding steroid dienone is 1. The van der Waals surface area contributed by atoms with Crippen LogP contribution < -0.4 is 9.64 Å². The largest absolute Gasteiger partial charge is 0.490 e. The molecule has 32 heavy (non-hydrogen) atoms. The molecule has 5 nitrogen and oxygen atoms in total. The summed E-state index contributed by atoms with van der Waals surface area (Å²) in [5.74, 6) is 0.722. The van der Waals surface area contributed by atoms with Crippen molar-refractivity contribution in [2.45, 2.75) is 38.8 Å². The molecular weight excluding hydrogens is 438 g/mol. The fourth-order valence-corrected chi connectivity index (χ4v) is 5.07. The van der Waals surface area contributed by atoms with Crippen molar-refractivity contribution < 1.29 is 17.9 Å². The summed E-state index contributed by atoms with van der Waals surface area (Å²) >= 11 is 0. The van der Waals surface area contributed by atoms with Crippen LogP contribution in [0.1, 0.15) is 48.2 Å². The molecule has 0 aromatic heterocycles. The summed E-state index contributed by atoms with van der Waals surface area (Å²) < 4.78 is 28.4. The van der Waals surface area contributed by atoms with Gasteiger partial charge in [-0.2, -0.15) is 0 Å². The third-order valence-electron chi connectivity index (χ3n) is 5.84. The molecule has 3 radical (unpaired) electrons. The molecule has 0 aliphatic carbocycles. The number of fused-ring (bicyclic) bond motifs is 1. The predicted molar refractivity (Wildman–Crippen MR) is 130 cm³/mol. The highest BCUT2D eigenvalue weighted by Crippen LogP contribution is 2.40. The first-order chi connectivity index (χ1) is 15.0. The van der Waals surface area contributed by atoms with Crippen molar-refractivity contribution >= 4 is 31.6 Å². The number of carbonyl (C=O) groups is 1. The van der Waals surface area contributed by atoms with Crippen molar-refractivity contribution in [3.63, 3.8) is 0 Å². The number of carbonyl (C=O) groups excluding carboxylic acids is 1. The summed E-state index contributed by atoms with van der Waals surface area (Å²) in [5.41, 5.74) is 3.93. The van der Waals surface area contributed by atoms with Crippen LogP contribution in [-0.4, -0.2) is 43.9 Å². The molecular formula is C25H30NO4SSi. The molecule has 0 N–H and O–H groups in total. The summed E-state index contributed by atoms with van der Waals surface area (Å²) in [6.07, 6.45) is 3.73. The van der Waals surface area contributed by atoms with E-state index in [1.54, 1.807) is 6.08 Å². The first-order valence-corrected chi connectivity index (χ1v) is 13.2. The molecule has 0 spiro atoms. The molecule has 2 aromatic rings. The van der Waals surface area contributed by atoms with Crippen LogP contribution in [0, 0.1) is 12.8 Å². The summed E-state index contributed by atoms with van der Waals surface area (Å²) in [6.45, 7) is 7.39. The highest BCUT2D eigenvalue weighted by molar-refractivity contribution is 7.93. The Morgan fingerprint density at radius 2 is 2.00 bits per heavy atom. The Hall–Kier alpha value is -2.38. The van der Waals surface area contributed by atoms with E-state index in [0.29, 0.717) is 30.8 Å². The number of aryl methyl sites for hydroxylation is 1. The fraction of sp³-hybridized carbons (Fsp3) is 0.400. The van der Waals surface area contributed by atoms with Gasteiger partial charge in [0.15, 0.2) is 15.6 Å². The summed E-state index contributed by atoms with van der Waals surface area (Å²) in [4.78, 5) is 15.0. The number of ketones is 1. The highest BCUT2D eigenvalue weighted by atomic mass is 32.2. The average Bonchev–Trinajstić information content (AvgIpc) is 2.74. The van der Waals surface area contributed by atoms with Crippen LogP contribution in [0.5, 0.6) is 5.75 Å². The van der Waals surface area contributed by atoms with E-state index >= 15 is 0 Å². The van der Waals surface area contributed by atoms with Crippen molar-refractivity contribution in [3.05, 3.63) is 70.6 Å². The lowest BCUT2D eigenvalue weighted by molar-refractivity contribution is 0.0976. The number of ether oxygens (including phenoxy) is 1. The molecule has 2 aromatic carbocycles. The Morgan fingerprint density at radius 3 is 2.69 bits per heavy atom. The number of anilines is 1. The van der Waals surface area contributed by atoms with E-state index in [0.717, 1.165) is 18.5 Å². The standard InChI is InChI=1S/C25H30NO4SSi/c1-18(13-16-31(4,28)29)9-12-23(27)20-10-11-22-24(17-20)30-15-14-26(22)25(3,32)21-8-6-5-7-19(21)2/h5-8,10-11,13,16-18H,9,12,14-15H2,1-4H3/b16-13+/t18-,25-/m0/s1. The Kier molecular flexibility index (Phi) is 7.30. The van der Waals surface area contributed by atoms with E-state index in [9.17, 15) is 13.2 Å². The molecule has 0 unspecified atom stereocenters. The van der Waals surface area contributed by atoms with Crippen molar-refractivity contribution in [2.24, 2.45) is 5.92 Å². The Morgan fingerprint density at radius 1 is 1.28 bits per heavy atom. The number of benzene rings is 2. The zero-order chi connectivity index (χ0) is 23.5. The first-order valence-electron chi connectivity index (χ1n) is 10.8. The van der Waals surface area contributed by atoms with Crippen LogP contribution in [-0.2, 0) is 15.0 Å². The molecule has 3 rings (SSSR count). The molecule has 0 amide bonds. The summed E-state index contributed by atoms with van der Waals surface area (Å²) in [5, 5.41) is 0.784. The van der Waals surface area contributed by atoms with Crippen molar-refractivity contribution in [2.75, 3.05) is 24.3 Å². The van der Waals surface area contributed by atoms with Gasteiger partial charge in [-0.15, -0.1) is 0 Å². The van der Waals surface area contributed by atoms with Crippen LogP contribution in [0.4, 0.5) is 5.69 Å². The molecule has 1 heterocycles. The van der Waals surface area contributed by atoms with Gasteiger partial charge in [0.1, 0.15) is 12.4 Å². The number of rotatable bonds is 8. The van der Waals surface area contributed by atoms with Crippen LogP contribution in [0.3, 0.4) is 0 Å². The van der Waals surface area contributed by atoms with Gasteiger partial charge in [-0.3, -0.25) is 4.79 Å². The van der Waals surface area contributed by atoms with Gasteiger partial charge < -0.3 is 9.64 Å². The number of hydrogen-bond donors (Lipinski definition) is 0. The van der Waals surface area contributed by atoms with Gasteiger partial charge in [-0.05, 0) is 55.5 Å². The van der Waals surface area contributed by atoms with E-state index in [4.69, 9.17) is 4.74 Å². The molecule has 7 heteroatoms. The second kappa shape index (κ2) is 9.63. The number of hydrogen-bond acceptors (Lipinski definition) is 5. The maximum Gasteiger partial charge on any atom is 0.168 e. The van der Waals surface area contributed by atoms with Gasteiger partial charge >= 0.3 is 0 Å². The van der Waals surface area contributed by atoms with Crippen LogP contribution >= 0.6 is 0 Å². The zero-order valence-corrected chi connectivity index (χ0v) is 20.9. The maximum atomic E-state index is 12.8. The lowest BCUT2D eigenvalue weighted by Crippen LogP contribution is -2.49. The van der Waals surface area contributed by atoms with Gasteiger partial charge in [0, 0.05) is 28.8 Å². The van der Waals surface area contributed by atoms with Gasteiger partial charge in [0.05, 0.1) is 22.5 Å². The molecule has 2 atom stereocenters. The monoisotopic (exact) mass is 468 g/mol. The highest BCUT2D eigenvalue weighted by Gasteiger charge is 2.34. The average molecular weight is 469 g/mol. The van der Waals surface area contributed by atoms with E-state index in [2.05, 4.69) is 41.1 Å². The SMILES string of the molecule is Cc1ccccc1[C@](C)([Si])N1CCOc2cc(C(=O)CC[C@H](C)/C=C/S(C)(=O)=O)ccc21. The second-order valence-corrected chi connectivity index (χ2v) is 11.6. The molecule has 1 aliphatic rings. The van der Waals surface area contributed by atoms with Crippen LogP contribution in [0.2, 0.25) is 0 Å². The lowest BCUT2D eigenvalue weighted by atomic mass is 9.97. The molecule has 0 saturated carbocycles. The lowest BCUT2D eigenvalue weighted by Gasteiger charge is -2.44. The number of nitrogens with zero attached hydrogens (tertiary/aromatic N) is 1. The van der Waals surface area contributed by atoms with Crippen molar-refractivity contribution in [3.8, 4) is 5.75 Å². The van der Waals surface area contributed by atoms with E-state index in [-0.39, 0.29) is 11.7 Å². The van der Waals surface area contributed by atoms with Gasteiger partial charge in [0.25, 0.3) is 0 Å². The Bertz CT molecular complexity index is 1120. The van der Waals surface area contributed by atoms with Crippen LogP contribution in [0.15, 0.2) is 53.9 Å². The van der Waals surface area contributed by atoms with Crippen molar-refractivity contribution in [1.82, 2.24) is 0 Å². The minimum Gasteiger partial charge on any atom is -0.490 e. The first kappa shape index (κ1) is 24.3. The minimum absolute atomic E-state index is 0.000938. The van der Waals surface area contributed by atoms with Gasteiger partial charge in [-0.25, -0.2) is 8.42 Å². The van der Waals surface area contributed by atoms with Crippen molar-refractivity contribution in [1.29, 1.82) is 0 Å². The van der Waals surface area contributed by atoms with E-state index < -0.39 is 15.0 Å². The fourth-order valence-electron chi connectivity index (χ4n) is 4.00. The summed E-state index contributed by atoms with van der Waals surface area (Å²) in [6, 6.07) is 13.9. The van der Waals surface area contributed by atoms with Gasteiger partial charge in [-0.1, -0.05) is 37.3 Å². The third-order valence-corrected chi connectivity index (χ3v) is 7.03.